The van der Waals surface area contributed by atoms with Crippen LogP contribution in [-0.4, -0.2) is 29.8 Å². The summed E-state index contributed by atoms with van der Waals surface area (Å²) >= 11 is 5.98. The van der Waals surface area contributed by atoms with Crippen LogP contribution in [0.2, 0.25) is 5.02 Å². The van der Waals surface area contributed by atoms with Gasteiger partial charge in [-0.3, -0.25) is 9.59 Å². The molecule has 0 aliphatic carbocycles. The van der Waals surface area contributed by atoms with Crippen LogP contribution in [0.4, 0.5) is 4.39 Å². The summed E-state index contributed by atoms with van der Waals surface area (Å²) in [7, 11) is 0. The van der Waals surface area contributed by atoms with Crippen molar-refractivity contribution >= 4 is 23.4 Å². The zero-order valence-corrected chi connectivity index (χ0v) is 15.4. The van der Waals surface area contributed by atoms with Crippen molar-refractivity contribution in [2.75, 3.05) is 13.1 Å². The Balaban J connectivity index is 1.76. The summed E-state index contributed by atoms with van der Waals surface area (Å²) in [6.07, 6.45) is 0.885. The molecule has 0 aliphatic rings. The minimum Gasteiger partial charge on any atom is -0.352 e. The van der Waals surface area contributed by atoms with Gasteiger partial charge < -0.3 is 10.2 Å². The smallest absolute Gasteiger partial charge is 0.251 e. The zero-order valence-electron chi connectivity index (χ0n) is 14.7. The molecule has 0 unspecified atom stereocenters. The maximum atomic E-state index is 12.9. The van der Waals surface area contributed by atoms with Crippen molar-refractivity contribution in [3.05, 3.63) is 70.5 Å². The quantitative estimate of drug-likeness (QED) is 0.707. The van der Waals surface area contributed by atoms with Crippen LogP contribution in [0, 0.1) is 5.82 Å². The summed E-state index contributed by atoms with van der Waals surface area (Å²) in [6.45, 7) is 3.43. The van der Waals surface area contributed by atoms with E-state index in [1.54, 1.807) is 11.0 Å². The van der Waals surface area contributed by atoms with E-state index in [0.717, 1.165) is 5.56 Å². The van der Waals surface area contributed by atoms with Gasteiger partial charge in [0.25, 0.3) is 5.91 Å². The minimum atomic E-state index is -0.383. The van der Waals surface area contributed by atoms with E-state index in [1.165, 1.54) is 24.3 Å². The fourth-order valence-electron chi connectivity index (χ4n) is 2.54. The minimum absolute atomic E-state index is 0.0310. The highest BCUT2D eigenvalue weighted by molar-refractivity contribution is 6.30. The summed E-state index contributed by atoms with van der Waals surface area (Å²) in [5, 5.41) is 3.39. The first-order valence-corrected chi connectivity index (χ1v) is 8.93. The van der Waals surface area contributed by atoms with E-state index in [2.05, 4.69) is 5.32 Å². The molecule has 1 N–H and O–H groups in total. The molecular formula is C20H22ClFN2O2. The molecule has 0 fully saturated rings. The number of hydrogen-bond acceptors (Lipinski definition) is 2. The Kier molecular flexibility index (Phi) is 7.60. The van der Waals surface area contributed by atoms with E-state index in [9.17, 15) is 14.0 Å². The lowest BCUT2D eigenvalue weighted by Crippen LogP contribution is -2.31. The first kappa shape index (κ1) is 19.9. The van der Waals surface area contributed by atoms with Crippen molar-refractivity contribution < 1.29 is 14.0 Å². The molecule has 26 heavy (non-hydrogen) atoms. The summed E-state index contributed by atoms with van der Waals surface area (Å²) in [5.74, 6) is -0.626. The van der Waals surface area contributed by atoms with Crippen LogP contribution in [0.25, 0.3) is 0 Å². The van der Waals surface area contributed by atoms with E-state index < -0.39 is 0 Å². The van der Waals surface area contributed by atoms with Crippen molar-refractivity contribution in [3.63, 3.8) is 0 Å². The number of amides is 2. The molecule has 6 heteroatoms. The summed E-state index contributed by atoms with van der Waals surface area (Å²) < 4.78 is 12.9. The van der Waals surface area contributed by atoms with Crippen molar-refractivity contribution in [1.82, 2.24) is 10.2 Å². The zero-order chi connectivity index (χ0) is 18.9. The second kappa shape index (κ2) is 9.92. The maximum Gasteiger partial charge on any atom is 0.251 e. The third-order valence-corrected chi connectivity index (χ3v) is 4.19. The highest BCUT2D eigenvalue weighted by atomic mass is 35.5. The van der Waals surface area contributed by atoms with Gasteiger partial charge in [0.1, 0.15) is 5.82 Å². The van der Waals surface area contributed by atoms with Crippen LogP contribution >= 0.6 is 11.6 Å². The highest BCUT2D eigenvalue weighted by Crippen LogP contribution is 2.13. The van der Waals surface area contributed by atoms with E-state index in [0.29, 0.717) is 43.1 Å². The van der Waals surface area contributed by atoms with Gasteiger partial charge in [0.15, 0.2) is 0 Å². The van der Waals surface area contributed by atoms with Gasteiger partial charge in [-0.25, -0.2) is 4.39 Å². The number of carbonyl (C=O) groups is 2. The Hall–Kier alpha value is -2.40. The molecule has 0 aromatic heterocycles. The number of halogens is 2. The van der Waals surface area contributed by atoms with Gasteiger partial charge in [-0.05, 0) is 55.3 Å². The Morgan fingerprint density at radius 3 is 2.54 bits per heavy atom. The number of rotatable bonds is 8. The molecule has 4 nitrogen and oxygen atoms in total. The molecule has 0 spiro atoms. The van der Waals surface area contributed by atoms with Crippen molar-refractivity contribution in [1.29, 1.82) is 0 Å². The number of nitrogens with zero attached hydrogens (tertiary/aromatic N) is 1. The van der Waals surface area contributed by atoms with Gasteiger partial charge in [-0.2, -0.15) is 0 Å². The maximum absolute atomic E-state index is 12.9. The van der Waals surface area contributed by atoms with Gasteiger partial charge in [0.05, 0.1) is 0 Å². The lowest BCUT2D eigenvalue weighted by molar-refractivity contribution is -0.131. The molecule has 0 saturated carbocycles. The molecule has 2 amide bonds. The SMILES string of the molecule is CCN(Cc1cccc(Cl)c1)C(=O)CCCNC(=O)c1ccc(F)cc1. The largest absolute Gasteiger partial charge is 0.352 e. The Bertz CT molecular complexity index is 750. The van der Waals surface area contributed by atoms with Gasteiger partial charge >= 0.3 is 0 Å². The first-order valence-electron chi connectivity index (χ1n) is 8.55. The van der Waals surface area contributed by atoms with Crippen LogP contribution < -0.4 is 5.32 Å². The van der Waals surface area contributed by atoms with Gasteiger partial charge in [0.2, 0.25) is 5.91 Å². The summed E-state index contributed by atoms with van der Waals surface area (Å²) in [6, 6.07) is 12.8. The lowest BCUT2D eigenvalue weighted by Gasteiger charge is -2.21. The molecule has 0 bridgehead atoms. The number of benzene rings is 2. The predicted molar refractivity (Wildman–Crippen MR) is 101 cm³/mol. The molecule has 0 aliphatic heterocycles. The van der Waals surface area contributed by atoms with E-state index in [1.807, 2.05) is 25.1 Å². The summed E-state index contributed by atoms with van der Waals surface area (Å²) in [4.78, 5) is 26.0. The average Bonchev–Trinajstić information content (AvgIpc) is 2.63. The highest BCUT2D eigenvalue weighted by Gasteiger charge is 2.12. The lowest BCUT2D eigenvalue weighted by atomic mass is 10.2. The molecule has 0 radical (unpaired) electrons. The predicted octanol–water partition coefficient (Wildman–Crippen LogP) is 4.04. The molecule has 138 valence electrons. The van der Waals surface area contributed by atoms with Gasteiger partial charge in [-0.1, -0.05) is 23.7 Å². The Morgan fingerprint density at radius 1 is 1.15 bits per heavy atom. The molecule has 0 heterocycles. The molecule has 2 rings (SSSR count). The van der Waals surface area contributed by atoms with Crippen LogP contribution in [-0.2, 0) is 11.3 Å². The standard InChI is InChI=1S/C20H22ClFN2O2/c1-2-24(14-15-5-3-6-17(21)13-15)19(25)7-4-12-23-20(26)16-8-10-18(22)11-9-16/h3,5-6,8-11,13H,2,4,7,12,14H2,1H3,(H,23,26). The van der Waals surface area contributed by atoms with E-state index >= 15 is 0 Å². The number of carbonyl (C=O) groups excluding carboxylic acids is 2. The molecule has 2 aromatic rings. The number of nitrogens with one attached hydrogen (secondary N) is 1. The van der Waals surface area contributed by atoms with Crippen LogP contribution in [0.5, 0.6) is 0 Å². The second-order valence-corrected chi connectivity index (χ2v) is 6.34. The van der Waals surface area contributed by atoms with Gasteiger partial charge in [0, 0.05) is 36.6 Å². The Labute approximate surface area is 158 Å². The fourth-order valence-corrected chi connectivity index (χ4v) is 2.75. The van der Waals surface area contributed by atoms with Crippen molar-refractivity contribution in [2.45, 2.75) is 26.3 Å². The number of hydrogen-bond donors (Lipinski definition) is 1. The Morgan fingerprint density at radius 2 is 1.88 bits per heavy atom. The van der Waals surface area contributed by atoms with Crippen LogP contribution in [0.15, 0.2) is 48.5 Å². The van der Waals surface area contributed by atoms with Crippen molar-refractivity contribution in [3.8, 4) is 0 Å². The molecule has 0 saturated heterocycles. The summed E-state index contributed by atoms with van der Waals surface area (Å²) in [5.41, 5.74) is 1.38. The van der Waals surface area contributed by atoms with E-state index in [-0.39, 0.29) is 17.6 Å². The van der Waals surface area contributed by atoms with Crippen LogP contribution in [0.1, 0.15) is 35.7 Å². The third-order valence-electron chi connectivity index (χ3n) is 3.96. The average molecular weight is 377 g/mol. The van der Waals surface area contributed by atoms with Gasteiger partial charge in [-0.15, -0.1) is 0 Å². The monoisotopic (exact) mass is 376 g/mol. The molecular weight excluding hydrogens is 355 g/mol. The van der Waals surface area contributed by atoms with Crippen molar-refractivity contribution in [2.24, 2.45) is 0 Å². The normalized spacial score (nSPS) is 10.4. The van der Waals surface area contributed by atoms with E-state index in [4.69, 9.17) is 11.6 Å². The molecule has 0 atom stereocenters. The fraction of sp³-hybridized carbons (Fsp3) is 0.300. The second-order valence-electron chi connectivity index (χ2n) is 5.90. The topological polar surface area (TPSA) is 49.4 Å². The first-order chi connectivity index (χ1) is 12.5. The van der Waals surface area contributed by atoms with Crippen LogP contribution in [0.3, 0.4) is 0 Å². The third kappa shape index (κ3) is 6.15. The molecule has 2 aromatic carbocycles.